The van der Waals surface area contributed by atoms with Crippen molar-refractivity contribution in [1.82, 2.24) is 5.32 Å². The molecule has 0 rings (SSSR count). The summed E-state index contributed by atoms with van der Waals surface area (Å²) in [5, 5.41) is 27.8. The second-order valence-electron chi connectivity index (χ2n) is 4.36. The number of carbonyl (C=O) groups is 4. The van der Waals surface area contributed by atoms with Gasteiger partial charge in [0.2, 0.25) is 5.91 Å². The van der Waals surface area contributed by atoms with Gasteiger partial charge in [0, 0.05) is 12.8 Å². The molecule has 0 aromatic carbocycles. The van der Waals surface area contributed by atoms with Crippen molar-refractivity contribution in [3.05, 3.63) is 0 Å². The number of unbranched alkanes of at least 4 members (excludes halogenated alkanes) is 3. The molecule has 20 heavy (non-hydrogen) atoms. The van der Waals surface area contributed by atoms with Gasteiger partial charge in [0.25, 0.3) is 0 Å². The lowest BCUT2D eigenvalue weighted by Crippen LogP contribution is -2.42. The summed E-state index contributed by atoms with van der Waals surface area (Å²) >= 11 is 0. The summed E-state index contributed by atoms with van der Waals surface area (Å²) in [6.07, 6.45) is 1.90. The van der Waals surface area contributed by atoms with E-state index >= 15 is 0 Å². The molecule has 0 unspecified atom stereocenters. The number of carboxylic acids is 3. The third-order valence-electron chi connectivity index (χ3n) is 2.56. The van der Waals surface area contributed by atoms with Crippen molar-refractivity contribution in [3.63, 3.8) is 0 Å². The van der Waals surface area contributed by atoms with Crippen molar-refractivity contribution in [1.29, 1.82) is 0 Å². The van der Waals surface area contributed by atoms with Crippen LogP contribution in [-0.2, 0) is 19.2 Å². The van der Waals surface area contributed by atoms with Gasteiger partial charge in [-0.1, -0.05) is 12.8 Å². The minimum atomic E-state index is -1.42. The van der Waals surface area contributed by atoms with E-state index in [0.29, 0.717) is 25.7 Å². The molecule has 8 heteroatoms. The van der Waals surface area contributed by atoms with Crippen molar-refractivity contribution < 1.29 is 34.5 Å². The van der Waals surface area contributed by atoms with Gasteiger partial charge < -0.3 is 20.6 Å². The Kier molecular flexibility index (Phi) is 8.73. The number of aliphatic carboxylic acids is 3. The minimum Gasteiger partial charge on any atom is -0.481 e. The van der Waals surface area contributed by atoms with Crippen molar-refractivity contribution in [2.24, 2.45) is 0 Å². The zero-order valence-corrected chi connectivity index (χ0v) is 11.0. The summed E-state index contributed by atoms with van der Waals surface area (Å²) in [4.78, 5) is 42.8. The molecule has 1 atom stereocenters. The van der Waals surface area contributed by atoms with Crippen molar-refractivity contribution in [3.8, 4) is 0 Å². The van der Waals surface area contributed by atoms with Crippen LogP contribution in [0.3, 0.4) is 0 Å². The lowest BCUT2D eigenvalue weighted by atomic mass is 10.1. The molecule has 0 aliphatic heterocycles. The van der Waals surface area contributed by atoms with E-state index < -0.39 is 36.3 Å². The van der Waals surface area contributed by atoms with Gasteiger partial charge in [-0.15, -0.1) is 0 Å². The molecule has 0 saturated carbocycles. The van der Waals surface area contributed by atoms with Gasteiger partial charge >= 0.3 is 17.9 Å². The maximum absolute atomic E-state index is 11.4. The molecule has 0 fully saturated rings. The molecule has 0 aliphatic rings. The second kappa shape index (κ2) is 9.76. The average Bonchev–Trinajstić information content (AvgIpc) is 2.31. The highest BCUT2D eigenvalue weighted by molar-refractivity contribution is 5.86. The van der Waals surface area contributed by atoms with Gasteiger partial charge in [0.15, 0.2) is 0 Å². The lowest BCUT2D eigenvalue weighted by molar-refractivity contribution is -0.147. The second-order valence-corrected chi connectivity index (χ2v) is 4.36. The maximum Gasteiger partial charge on any atom is 0.326 e. The highest BCUT2D eigenvalue weighted by Crippen LogP contribution is 2.06. The molecule has 0 saturated heterocycles. The average molecular weight is 289 g/mol. The predicted octanol–water partition coefficient (Wildman–Crippen LogP) is 0.456. The van der Waals surface area contributed by atoms with E-state index in [4.69, 9.17) is 15.3 Å². The normalized spacial score (nSPS) is 11.6. The SMILES string of the molecule is O=C(O)CCCCCCC(=O)N[C@@H](CC(=O)O)C(=O)O. The molecule has 0 aromatic heterocycles. The van der Waals surface area contributed by atoms with E-state index in [2.05, 4.69) is 5.32 Å². The van der Waals surface area contributed by atoms with Crippen LogP contribution in [0.4, 0.5) is 0 Å². The Hall–Kier alpha value is -2.12. The van der Waals surface area contributed by atoms with Gasteiger partial charge in [0.05, 0.1) is 6.42 Å². The number of hydrogen-bond acceptors (Lipinski definition) is 4. The summed E-state index contributed by atoms with van der Waals surface area (Å²) in [5.74, 6) is -4.06. The Labute approximate surface area is 115 Å². The van der Waals surface area contributed by atoms with E-state index in [1.807, 2.05) is 0 Å². The smallest absolute Gasteiger partial charge is 0.326 e. The van der Waals surface area contributed by atoms with Gasteiger partial charge in [-0.25, -0.2) is 4.79 Å². The zero-order chi connectivity index (χ0) is 15.5. The zero-order valence-electron chi connectivity index (χ0n) is 11.0. The quantitative estimate of drug-likeness (QED) is 0.405. The molecule has 0 heterocycles. The van der Waals surface area contributed by atoms with Crippen LogP contribution in [0.25, 0.3) is 0 Å². The number of rotatable bonds is 11. The number of carboxylic acid groups (broad SMARTS) is 3. The molecule has 114 valence electrons. The van der Waals surface area contributed by atoms with Gasteiger partial charge in [-0.2, -0.15) is 0 Å². The van der Waals surface area contributed by atoms with E-state index in [1.165, 1.54) is 0 Å². The Bertz CT molecular complexity index is 367. The molecule has 4 N–H and O–H groups in total. The van der Waals surface area contributed by atoms with Crippen molar-refractivity contribution in [2.45, 2.75) is 51.0 Å². The Morgan fingerprint density at radius 1 is 0.800 bits per heavy atom. The minimum absolute atomic E-state index is 0.0892. The number of nitrogens with one attached hydrogen (secondary N) is 1. The first kappa shape index (κ1) is 17.9. The van der Waals surface area contributed by atoms with E-state index in [9.17, 15) is 19.2 Å². The van der Waals surface area contributed by atoms with Gasteiger partial charge in [0.1, 0.15) is 6.04 Å². The Morgan fingerprint density at radius 3 is 1.80 bits per heavy atom. The van der Waals surface area contributed by atoms with Crippen LogP contribution in [0.1, 0.15) is 44.9 Å². The Balaban J connectivity index is 3.82. The summed E-state index contributed by atoms with van der Waals surface area (Å²) in [6.45, 7) is 0. The summed E-state index contributed by atoms with van der Waals surface area (Å²) in [7, 11) is 0. The van der Waals surface area contributed by atoms with Crippen molar-refractivity contribution in [2.75, 3.05) is 0 Å². The van der Waals surface area contributed by atoms with Crippen LogP contribution in [0, 0.1) is 0 Å². The van der Waals surface area contributed by atoms with Gasteiger partial charge in [-0.3, -0.25) is 14.4 Å². The van der Waals surface area contributed by atoms with Crippen LogP contribution in [-0.4, -0.2) is 45.2 Å². The fraction of sp³-hybridized carbons (Fsp3) is 0.667. The fourth-order valence-corrected chi connectivity index (χ4v) is 1.56. The Morgan fingerprint density at radius 2 is 1.35 bits per heavy atom. The molecule has 0 spiro atoms. The highest BCUT2D eigenvalue weighted by atomic mass is 16.4. The van der Waals surface area contributed by atoms with Crippen LogP contribution in [0.15, 0.2) is 0 Å². The molecule has 0 radical (unpaired) electrons. The predicted molar refractivity (Wildman–Crippen MR) is 67.2 cm³/mol. The molecule has 8 nitrogen and oxygen atoms in total. The standard InChI is InChI=1S/C12H19NO7/c14-9(5-3-1-2-4-6-10(15)16)13-8(12(19)20)7-11(17)18/h8H,1-7H2,(H,13,14)(H,15,16)(H,17,18)(H,19,20)/t8-/m0/s1. The number of hydrogen-bond donors (Lipinski definition) is 4. The van der Waals surface area contributed by atoms with Crippen molar-refractivity contribution >= 4 is 23.8 Å². The first-order chi connectivity index (χ1) is 9.32. The summed E-state index contributed by atoms with van der Waals surface area (Å²) in [5.41, 5.74) is 0. The maximum atomic E-state index is 11.4. The third-order valence-corrected chi connectivity index (χ3v) is 2.56. The van der Waals surface area contributed by atoms with Crippen LogP contribution < -0.4 is 5.32 Å². The summed E-state index contributed by atoms with van der Waals surface area (Å²) in [6, 6.07) is -1.42. The fourth-order valence-electron chi connectivity index (χ4n) is 1.56. The van der Waals surface area contributed by atoms with Crippen LogP contribution in [0.2, 0.25) is 0 Å². The monoisotopic (exact) mass is 289 g/mol. The van der Waals surface area contributed by atoms with Gasteiger partial charge in [-0.05, 0) is 12.8 Å². The highest BCUT2D eigenvalue weighted by Gasteiger charge is 2.22. The number of carbonyl (C=O) groups excluding carboxylic acids is 1. The number of amides is 1. The molecular weight excluding hydrogens is 270 g/mol. The third kappa shape index (κ3) is 9.86. The first-order valence-electron chi connectivity index (χ1n) is 6.28. The van der Waals surface area contributed by atoms with E-state index in [1.54, 1.807) is 0 Å². The van der Waals surface area contributed by atoms with Crippen LogP contribution in [0.5, 0.6) is 0 Å². The summed E-state index contributed by atoms with van der Waals surface area (Å²) < 4.78 is 0. The molecular formula is C12H19NO7. The van der Waals surface area contributed by atoms with E-state index in [-0.39, 0.29) is 12.8 Å². The van der Waals surface area contributed by atoms with Crippen LogP contribution >= 0.6 is 0 Å². The lowest BCUT2D eigenvalue weighted by Gasteiger charge is -2.12. The largest absolute Gasteiger partial charge is 0.481 e. The topological polar surface area (TPSA) is 141 Å². The molecule has 1 amide bonds. The molecule has 0 bridgehead atoms. The molecule has 0 aliphatic carbocycles. The first-order valence-corrected chi connectivity index (χ1v) is 6.28. The molecule has 0 aromatic rings. The van der Waals surface area contributed by atoms with E-state index in [0.717, 1.165) is 0 Å².